The molecule has 0 unspecified atom stereocenters. The largest absolute Gasteiger partial charge is 0.460 e. The summed E-state index contributed by atoms with van der Waals surface area (Å²) in [5, 5.41) is 8.79. The average molecular weight is 337 g/mol. The van der Waals surface area contributed by atoms with E-state index in [0.717, 1.165) is 32.1 Å². The van der Waals surface area contributed by atoms with Crippen LogP contribution in [0, 0.1) is 0 Å². The maximum atomic E-state index is 11.4. The Labute approximate surface area is 148 Å². The van der Waals surface area contributed by atoms with Crippen LogP contribution in [0.5, 0.6) is 0 Å². The van der Waals surface area contributed by atoms with Gasteiger partial charge in [0.2, 0.25) is 0 Å². The molecular weight excluding hydrogens is 300 g/mol. The lowest BCUT2D eigenvalue weighted by atomic mass is 10.1. The molecule has 0 heterocycles. The van der Waals surface area contributed by atoms with Gasteiger partial charge in [-0.2, -0.15) is 0 Å². The zero-order valence-corrected chi connectivity index (χ0v) is 15.6. The van der Waals surface area contributed by atoms with E-state index in [1.807, 2.05) is 0 Å². The van der Waals surface area contributed by atoms with Crippen molar-refractivity contribution in [3.05, 3.63) is 36.5 Å². The minimum atomic E-state index is -0.393. The molecule has 0 rings (SSSR count). The van der Waals surface area contributed by atoms with E-state index in [4.69, 9.17) is 9.84 Å². The molecule has 0 aromatic rings. The van der Waals surface area contributed by atoms with Gasteiger partial charge in [-0.3, -0.25) is 4.79 Å². The molecule has 0 bridgehead atoms. The summed E-state index contributed by atoms with van der Waals surface area (Å²) in [5.41, 5.74) is 0. The quantitative estimate of drug-likeness (QED) is 0.244. The van der Waals surface area contributed by atoms with E-state index < -0.39 is 6.10 Å². The van der Waals surface area contributed by atoms with Crippen LogP contribution in [-0.2, 0) is 9.53 Å². The highest BCUT2D eigenvalue weighted by Crippen LogP contribution is 2.04. The lowest BCUT2D eigenvalue weighted by Gasteiger charge is -2.09. The second-order valence-electron chi connectivity index (χ2n) is 6.11. The van der Waals surface area contributed by atoms with E-state index >= 15 is 0 Å². The molecular formula is C21H36O3. The molecule has 3 nitrogen and oxygen atoms in total. The molecule has 0 radical (unpaired) electrons. The lowest BCUT2D eigenvalue weighted by molar-refractivity contribution is -0.150. The molecule has 0 aromatic heterocycles. The van der Waals surface area contributed by atoms with Crippen LogP contribution in [0.15, 0.2) is 36.5 Å². The van der Waals surface area contributed by atoms with Crippen molar-refractivity contribution in [2.24, 2.45) is 0 Å². The summed E-state index contributed by atoms with van der Waals surface area (Å²) in [6.07, 6.45) is 23.2. The van der Waals surface area contributed by atoms with Crippen LogP contribution in [0.25, 0.3) is 0 Å². The van der Waals surface area contributed by atoms with Crippen molar-refractivity contribution in [3.8, 4) is 0 Å². The first-order valence-electron chi connectivity index (χ1n) is 9.46. The molecule has 3 heteroatoms. The Morgan fingerprint density at radius 3 is 2.00 bits per heavy atom. The van der Waals surface area contributed by atoms with Gasteiger partial charge >= 0.3 is 5.97 Å². The first-order chi connectivity index (χ1) is 11.7. The molecule has 24 heavy (non-hydrogen) atoms. The summed E-state index contributed by atoms with van der Waals surface area (Å²) in [6, 6.07) is 0. The Balaban J connectivity index is 3.43. The molecule has 0 saturated carbocycles. The molecule has 1 atom stereocenters. The number of ether oxygens (including phenoxy) is 1. The molecule has 138 valence electrons. The zero-order chi connectivity index (χ0) is 17.9. The number of aliphatic hydroxyl groups excluding tert-OH is 1. The highest BCUT2D eigenvalue weighted by Gasteiger charge is 2.07. The number of hydrogen-bond acceptors (Lipinski definition) is 3. The number of carbonyl (C=O) groups excluding carboxylic acids is 1. The van der Waals surface area contributed by atoms with E-state index in [0.29, 0.717) is 6.42 Å². The predicted molar refractivity (Wildman–Crippen MR) is 102 cm³/mol. The Morgan fingerprint density at radius 1 is 0.917 bits per heavy atom. The van der Waals surface area contributed by atoms with Crippen molar-refractivity contribution in [3.63, 3.8) is 0 Å². The third kappa shape index (κ3) is 17.0. The van der Waals surface area contributed by atoms with E-state index in [1.165, 1.54) is 25.7 Å². The van der Waals surface area contributed by atoms with E-state index in [1.54, 1.807) is 6.92 Å². The number of aliphatic hydroxyl groups is 1. The number of hydrogen-bond donors (Lipinski definition) is 1. The fourth-order valence-electron chi connectivity index (χ4n) is 2.14. The van der Waals surface area contributed by atoms with Gasteiger partial charge in [0.1, 0.15) is 6.10 Å². The molecule has 0 aliphatic carbocycles. The summed E-state index contributed by atoms with van der Waals surface area (Å²) in [4.78, 5) is 11.4. The minimum absolute atomic E-state index is 0.114. The standard InChI is InChI=1S/C21H36O3/c1-3-4-5-6-7-8-9-10-11-12-13-14-15-16-17-18-21(23)24-20(2)19-22/h7-8,10-11,13-14,20,22H,3-6,9,12,15-19H2,1-2H3/b8-7-,11-10-,14-13-/t20-/m0/s1. The highest BCUT2D eigenvalue weighted by atomic mass is 16.5. The van der Waals surface area contributed by atoms with Gasteiger partial charge in [0.15, 0.2) is 0 Å². The fourth-order valence-corrected chi connectivity index (χ4v) is 2.14. The van der Waals surface area contributed by atoms with Crippen molar-refractivity contribution < 1.29 is 14.6 Å². The van der Waals surface area contributed by atoms with Gasteiger partial charge < -0.3 is 9.84 Å². The first kappa shape index (κ1) is 22.6. The number of allylic oxidation sites excluding steroid dienone is 6. The molecule has 0 saturated heterocycles. The predicted octanol–water partition coefficient (Wildman–Crippen LogP) is 5.50. The lowest BCUT2D eigenvalue weighted by Crippen LogP contribution is -2.17. The normalized spacial score (nSPS) is 13.3. The van der Waals surface area contributed by atoms with Gasteiger partial charge in [-0.05, 0) is 51.9 Å². The second-order valence-corrected chi connectivity index (χ2v) is 6.11. The van der Waals surface area contributed by atoms with Gasteiger partial charge in [0.05, 0.1) is 6.61 Å². The number of unbranched alkanes of at least 4 members (excludes halogenated alkanes) is 5. The van der Waals surface area contributed by atoms with Gasteiger partial charge in [0.25, 0.3) is 0 Å². The Kier molecular flexibility index (Phi) is 17.0. The van der Waals surface area contributed by atoms with E-state index in [2.05, 4.69) is 43.4 Å². The van der Waals surface area contributed by atoms with Crippen LogP contribution in [-0.4, -0.2) is 23.8 Å². The van der Waals surface area contributed by atoms with Gasteiger partial charge in [-0.1, -0.05) is 56.2 Å². The highest BCUT2D eigenvalue weighted by molar-refractivity contribution is 5.69. The maximum absolute atomic E-state index is 11.4. The average Bonchev–Trinajstić information content (AvgIpc) is 2.58. The van der Waals surface area contributed by atoms with Crippen LogP contribution in [0.4, 0.5) is 0 Å². The molecule has 0 fully saturated rings. The topological polar surface area (TPSA) is 46.5 Å². The van der Waals surface area contributed by atoms with Crippen molar-refractivity contribution in [1.82, 2.24) is 0 Å². The Bertz CT molecular complexity index is 369. The molecule has 0 aromatic carbocycles. The smallest absolute Gasteiger partial charge is 0.306 e. The maximum Gasteiger partial charge on any atom is 0.306 e. The Morgan fingerprint density at radius 2 is 1.46 bits per heavy atom. The third-order valence-corrected chi connectivity index (χ3v) is 3.61. The summed E-state index contributed by atoms with van der Waals surface area (Å²) in [5.74, 6) is -0.216. The molecule has 0 aliphatic heterocycles. The monoisotopic (exact) mass is 336 g/mol. The fraction of sp³-hybridized carbons (Fsp3) is 0.667. The molecule has 0 aliphatic rings. The molecule has 1 N–H and O–H groups in total. The van der Waals surface area contributed by atoms with Crippen LogP contribution in [0.1, 0.15) is 78.1 Å². The van der Waals surface area contributed by atoms with Crippen molar-refractivity contribution in [2.45, 2.75) is 84.2 Å². The molecule has 0 spiro atoms. The van der Waals surface area contributed by atoms with Crippen LogP contribution in [0.3, 0.4) is 0 Å². The summed E-state index contributed by atoms with van der Waals surface area (Å²) in [7, 11) is 0. The van der Waals surface area contributed by atoms with Crippen LogP contribution in [0.2, 0.25) is 0 Å². The van der Waals surface area contributed by atoms with Crippen LogP contribution < -0.4 is 0 Å². The minimum Gasteiger partial charge on any atom is -0.460 e. The number of esters is 1. The van der Waals surface area contributed by atoms with Gasteiger partial charge in [0, 0.05) is 6.42 Å². The van der Waals surface area contributed by atoms with Crippen molar-refractivity contribution in [2.75, 3.05) is 6.61 Å². The summed E-state index contributed by atoms with van der Waals surface area (Å²) < 4.78 is 5.00. The molecule has 0 amide bonds. The van der Waals surface area contributed by atoms with Crippen molar-refractivity contribution in [1.29, 1.82) is 0 Å². The number of rotatable bonds is 15. The summed E-state index contributed by atoms with van der Waals surface area (Å²) >= 11 is 0. The van der Waals surface area contributed by atoms with E-state index in [-0.39, 0.29) is 12.6 Å². The van der Waals surface area contributed by atoms with Crippen LogP contribution >= 0.6 is 0 Å². The number of carbonyl (C=O) groups is 1. The van der Waals surface area contributed by atoms with Gasteiger partial charge in [-0.15, -0.1) is 0 Å². The second kappa shape index (κ2) is 18.0. The van der Waals surface area contributed by atoms with Gasteiger partial charge in [-0.25, -0.2) is 0 Å². The Hall–Kier alpha value is -1.35. The third-order valence-electron chi connectivity index (χ3n) is 3.61. The SMILES string of the molecule is CCCCC/C=C\C/C=C\C/C=C\CCCCC(=O)O[C@@H](C)CO. The van der Waals surface area contributed by atoms with E-state index in [9.17, 15) is 4.79 Å². The van der Waals surface area contributed by atoms with Crippen molar-refractivity contribution >= 4 is 5.97 Å². The summed E-state index contributed by atoms with van der Waals surface area (Å²) in [6.45, 7) is 3.81. The zero-order valence-electron chi connectivity index (χ0n) is 15.6. The first-order valence-corrected chi connectivity index (χ1v) is 9.46.